The van der Waals surface area contributed by atoms with E-state index in [2.05, 4.69) is 19.2 Å². The largest absolute Gasteiger partial charge is 0.311 e. The summed E-state index contributed by atoms with van der Waals surface area (Å²) in [7, 11) is 0. The Hall–Kier alpha value is -0.960. The van der Waals surface area contributed by atoms with E-state index < -0.39 is 6.43 Å². The molecule has 1 heterocycles. The van der Waals surface area contributed by atoms with Crippen molar-refractivity contribution in [3.05, 3.63) is 35.4 Å². The van der Waals surface area contributed by atoms with Gasteiger partial charge in [-0.1, -0.05) is 25.1 Å². The summed E-state index contributed by atoms with van der Waals surface area (Å²) in [4.78, 5) is 0. The average Bonchev–Trinajstić information content (AvgIpc) is 2.70. The molecular formula is C14H19F2N. The summed E-state index contributed by atoms with van der Waals surface area (Å²) in [6.07, 6.45) is -0.305. The topological polar surface area (TPSA) is 12.0 Å². The molecule has 17 heavy (non-hydrogen) atoms. The van der Waals surface area contributed by atoms with Crippen LogP contribution < -0.4 is 5.32 Å². The number of hydrogen-bond acceptors (Lipinski definition) is 1. The van der Waals surface area contributed by atoms with Gasteiger partial charge in [0.05, 0.1) is 0 Å². The van der Waals surface area contributed by atoms with Crippen molar-refractivity contribution in [2.24, 2.45) is 0 Å². The number of alkyl halides is 2. The molecule has 1 saturated heterocycles. The van der Waals surface area contributed by atoms with Crippen LogP contribution in [-0.2, 0) is 0 Å². The Bertz CT molecular complexity index is 378. The highest BCUT2D eigenvalue weighted by atomic mass is 19.3. The Morgan fingerprint density at radius 3 is 2.82 bits per heavy atom. The molecule has 1 aliphatic rings. The van der Waals surface area contributed by atoms with Crippen molar-refractivity contribution in [2.45, 2.75) is 51.1 Å². The first kappa shape index (κ1) is 12.5. The van der Waals surface area contributed by atoms with E-state index in [1.165, 1.54) is 6.07 Å². The highest BCUT2D eigenvalue weighted by Crippen LogP contribution is 2.33. The van der Waals surface area contributed by atoms with E-state index in [1.807, 2.05) is 6.07 Å². The van der Waals surface area contributed by atoms with E-state index in [9.17, 15) is 8.78 Å². The minimum Gasteiger partial charge on any atom is -0.311 e. The van der Waals surface area contributed by atoms with Crippen LogP contribution in [-0.4, -0.2) is 12.1 Å². The maximum Gasteiger partial charge on any atom is 0.263 e. The molecule has 1 aliphatic heterocycles. The van der Waals surface area contributed by atoms with Crippen LogP contribution in [0.5, 0.6) is 0 Å². The summed E-state index contributed by atoms with van der Waals surface area (Å²) < 4.78 is 25.3. The molecule has 0 aromatic heterocycles. The SMILES string of the molecule is CCC1NC(C)CC1c1cccc(C(F)F)c1. The number of rotatable bonds is 3. The van der Waals surface area contributed by atoms with Crippen molar-refractivity contribution in [1.82, 2.24) is 5.32 Å². The van der Waals surface area contributed by atoms with Crippen LogP contribution in [0.4, 0.5) is 8.78 Å². The smallest absolute Gasteiger partial charge is 0.263 e. The molecule has 2 rings (SSSR count). The summed E-state index contributed by atoms with van der Waals surface area (Å²) in [6.45, 7) is 4.29. The van der Waals surface area contributed by atoms with Gasteiger partial charge in [0, 0.05) is 23.6 Å². The van der Waals surface area contributed by atoms with Gasteiger partial charge in [0.2, 0.25) is 0 Å². The zero-order valence-corrected chi connectivity index (χ0v) is 10.3. The molecule has 0 amide bonds. The Labute approximate surface area is 101 Å². The Morgan fingerprint density at radius 1 is 1.41 bits per heavy atom. The predicted octanol–water partition coefficient (Wildman–Crippen LogP) is 3.87. The molecule has 0 radical (unpaired) electrons. The lowest BCUT2D eigenvalue weighted by Crippen LogP contribution is -2.28. The number of halogens is 2. The molecule has 1 aromatic carbocycles. The summed E-state index contributed by atoms with van der Waals surface area (Å²) >= 11 is 0. The van der Waals surface area contributed by atoms with E-state index in [-0.39, 0.29) is 5.56 Å². The first-order valence-corrected chi connectivity index (χ1v) is 6.26. The summed E-state index contributed by atoms with van der Waals surface area (Å²) in [5.41, 5.74) is 1.18. The van der Waals surface area contributed by atoms with Gasteiger partial charge in [-0.15, -0.1) is 0 Å². The third kappa shape index (κ3) is 2.65. The fourth-order valence-electron chi connectivity index (χ4n) is 2.79. The van der Waals surface area contributed by atoms with E-state index in [1.54, 1.807) is 12.1 Å². The number of hydrogen-bond donors (Lipinski definition) is 1. The maximum atomic E-state index is 12.7. The first-order valence-electron chi connectivity index (χ1n) is 6.26. The maximum absolute atomic E-state index is 12.7. The van der Waals surface area contributed by atoms with Crippen LogP contribution in [0.2, 0.25) is 0 Å². The van der Waals surface area contributed by atoms with Crippen LogP contribution in [0.3, 0.4) is 0 Å². The average molecular weight is 239 g/mol. The Kier molecular flexibility index (Phi) is 3.77. The standard InChI is InChI=1S/C14H19F2N/c1-3-13-12(7-9(2)17-13)10-5-4-6-11(8-10)14(15)16/h4-6,8-9,12-14,17H,3,7H2,1-2H3. The second-order valence-corrected chi connectivity index (χ2v) is 4.90. The van der Waals surface area contributed by atoms with Gasteiger partial charge in [0.1, 0.15) is 0 Å². The highest BCUT2D eigenvalue weighted by molar-refractivity contribution is 5.29. The molecule has 1 N–H and O–H groups in total. The summed E-state index contributed by atoms with van der Waals surface area (Å²) in [5.74, 6) is 0.369. The van der Waals surface area contributed by atoms with Crippen molar-refractivity contribution in [1.29, 1.82) is 0 Å². The molecule has 0 saturated carbocycles. The van der Waals surface area contributed by atoms with Gasteiger partial charge in [0.25, 0.3) is 6.43 Å². The first-order chi connectivity index (χ1) is 8.11. The van der Waals surface area contributed by atoms with Gasteiger partial charge in [-0.05, 0) is 31.4 Å². The van der Waals surface area contributed by atoms with Crippen LogP contribution in [0.15, 0.2) is 24.3 Å². The minimum atomic E-state index is -2.37. The van der Waals surface area contributed by atoms with Crippen molar-refractivity contribution >= 4 is 0 Å². The normalized spacial score (nSPS) is 28.9. The van der Waals surface area contributed by atoms with Crippen LogP contribution in [0.1, 0.15) is 50.2 Å². The van der Waals surface area contributed by atoms with Crippen LogP contribution in [0.25, 0.3) is 0 Å². The van der Waals surface area contributed by atoms with Crippen LogP contribution in [0, 0.1) is 0 Å². The van der Waals surface area contributed by atoms with Crippen molar-refractivity contribution in [2.75, 3.05) is 0 Å². The van der Waals surface area contributed by atoms with Gasteiger partial charge in [-0.2, -0.15) is 0 Å². The zero-order valence-electron chi connectivity index (χ0n) is 10.3. The molecule has 94 valence electrons. The molecule has 1 nitrogen and oxygen atoms in total. The summed E-state index contributed by atoms with van der Waals surface area (Å²) in [6, 6.07) is 7.77. The molecule has 0 aliphatic carbocycles. The van der Waals surface area contributed by atoms with Gasteiger partial charge in [0.15, 0.2) is 0 Å². The van der Waals surface area contributed by atoms with Gasteiger partial charge >= 0.3 is 0 Å². The van der Waals surface area contributed by atoms with E-state index in [0.29, 0.717) is 18.0 Å². The van der Waals surface area contributed by atoms with Crippen LogP contribution >= 0.6 is 0 Å². The van der Waals surface area contributed by atoms with E-state index in [0.717, 1.165) is 18.4 Å². The molecular weight excluding hydrogens is 220 g/mol. The Balaban J connectivity index is 2.24. The lowest BCUT2D eigenvalue weighted by Gasteiger charge is -2.18. The second kappa shape index (κ2) is 5.13. The molecule has 0 spiro atoms. The monoisotopic (exact) mass is 239 g/mol. The Morgan fingerprint density at radius 2 is 2.18 bits per heavy atom. The molecule has 1 fully saturated rings. The lowest BCUT2D eigenvalue weighted by molar-refractivity contribution is 0.151. The van der Waals surface area contributed by atoms with Gasteiger partial charge in [-0.3, -0.25) is 0 Å². The fraction of sp³-hybridized carbons (Fsp3) is 0.571. The van der Waals surface area contributed by atoms with Crippen molar-refractivity contribution in [3.63, 3.8) is 0 Å². The second-order valence-electron chi connectivity index (χ2n) is 4.90. The highest BCUT2D eigenvalue weighted by Gasteiger charge is 2.31. The zero-order chi connectivity index (χ0) is 12.4. The third-order valence-corrected chi connectivity index (χ3v) is 3.62. The molecule has 3 heteroatoms. The van der Waals surface area contributed by atoms with Crippen molar-refractivity contribution in [3.8, 4) is 0 Å². The molecule has 3 atom stereocenters. The van der Waals surface area contributed by atoms with E-state index >= 15 is 0 Å². The molecule has 3 unspecified atom stereocenters. The summed E-state index contributed by atoms with van der Waals surface area (Å²) in [5, 5.41) is 3.51. The molecule has 1 aromatic rings. The molecule has 0 bridgehead atoms. The minimum absolute atomic E-state index is 0.136. The third-order valence-electron chi connectivity index (χ3n) is 3.62. The number of nitrogens with one attached hydrogen (secondary N) is 1. The van der Waals surface area contributed by atoms with Gasteiger partial charge < -0.3 is 5.32 Å². The predicted molar refractivity (Wildman–Crippen MR) is 65.4 cm³/mol. The fourth-order valence-corrected chi connectivity index (χ4v) is 2.79. The quantitative estimate of drug-likeness (QED) is 0.844. The lowest BCUT2D eigenvalue weighted by atomic mass is 9.89. The van der Waals surface area contributed by atoms with E-state index in [4.69, 9.17) is 0 Å². The van der Waals surface area contributed by atoms with Gasteiger partial charge in [-0.25, -0.2) is 8.78 Å². The van der Waals surface area contributed by atoms with Crippen molar-refractivity contribution < 1.29 is 8.78 Å². The number of benzene rings is 1.